The molecule has 2 aromatic rings. The summed E-state index contributed by atoms with van der Waals surface area (Å²) in [6, 6.07) is 12.5. The molecule has 1 heterocycles. The van der Waals surface area contributed by atoms with Crippen molar-refractivity contribution >= 4 is 42.6 Å². The van der Waals surface area contributed by atoms with Gasteiger partial charge in [0.15, 0.2) is 11.5 Å². The number of phenols is 1. The molecule has 0 saturated heterocycles. The van der Waals surface area contributed by atoms with Gasteiger partial charge in [-0.25, -0.2) is 9.36 Å². The van der Waals surface area contributed by atoms with Crippen LogP contribution in [0.2, 0.25) is 0 Å². The highest BCUT2D eigenvalue weighted by atomic mass is 31.2. The number of carbonyl (C=O) groups excluding carboxylic acids is 3. The molecule has 0 saturated carbocycles. The minimum Gasteiger partial charge on any atom is -0.508 e. The van der Waals surface area contributed by atoms with Crippen molar-refractivity contribution in [1.29, 1.82) is 0 Å². The molecular weight excluding hydrogens is 1010 g/mol. The number of phosphoric ester groups is 1. The van der Waals surface area contributed by atoms with Crippen LogP contribution in [0.15, 0.2) is 88.1 Å². The molecule has 2 aliphatic rings. The smallest absolute Gasteiger partial charge is 0.472 e. The average molecular weight is 1100 g/mol. The van der Waals surface area contributed by atoms with E-state index in [4.69, 9.17) is 22.9 Å². The number of aromatic carboxylic acids is 1. The molecule has 0 aromatic heterocycles. The van der Waals surface area contributed by atoms with Gasteiger partial charge < -0.3 is 34.3 Å². The summed E-state index contributed by atoms with van der Waals surface area (Å²) < 4.78 is 40.3. The van der Waals surface area contributed by atoms with Crippen LogP contribution in [0, 0.1) is 0 Å². The third-order valence-electron chi connectivity index (χ3n) is 13.5. The van der Waals surface area contributed by atoms with Crippen molar-refractivity contribution in [3.8, 4) is 28.2 Å². The summed E-state index contributed by atoms with van der Waals surface area (Å²) in [6.07, 6.45) is 37.3. The number of hydrogen-bond acceptors (Lipinski definition) is 12. The Morgan fingerprint density at radius 2 is 1.17 bits per heavy atom. The van der Waals surface area contributed by atoms with E-state index in [1.165, 1.54) is 126 Å². The van der Waals surface area contributed by atoms with Crippen molar-refractivity contribution in [2.75, 3.05) is 26.4 Å². The average Bonchev–Trinajstić information content (AvgIpc) is 3.53. The third kappa shape index (κ3) is 25.9. The molecular formula is C62H88NO14P. The quantitative estimate of drug-likeness (QED) is 0.0106. The van der Waals surface area contributed by atoms with Gasteiger partial charge in [-0.15, -0.1) is 0 Å². The number of aromatic hydroxyl groups is 1. The second kappa shape index (κ2) is 38.1. The lowest BCUT2D eigenvalue weighted by molar-refractivity contribution is -0.161. The number of nitrogens with one attached hydrogen (secondary N) is 1. The lowest BCUT2D eigenvalue weighted by Gasteiger charge is -2.20. The van der Waals surface area contributed by atoms with E-state index in [0.717, 1.165) is 77.0 Å². The number of esters is 2. The van der Waals surface area contributed by atoms with Gasteiger partial charge in [-0.1, -0.05) is 147 Å². The van der Waals surface area contributed by atoms with E-state index in [-0.39, 0.29) is 65.2 Å². The molecule has 0 fully saturated rings. The number of benzene rings is 3. The van der Waals surface area contributed by atoms with Crippen molar-refractivity contribution < 1.29 is 61.8 Å². The molecule has 1 aliphatic heterocycles. The second-order valence-corrected chi connectivity index (χ2v) is 21.7. The van der Waals surface area contributed by atoms with E-state index >= 15 is 0 Å². The summed E-state index contributed by atoms with van der Waals surface area (Å²) in [5.74, 6) is -3.01. The third-order valence-corrected chi connectivity index (χ3v) is 14.5. The van der Waals surface area contributed by atoms with Gasteiger partial charge in [-0.05, 0) is 106 Å². The Hall–Kier alpha value is -5.60. The predicted molar refractivity (Wildman–Crippen MR) is 307 cm³/mol. The van der Waals surface area contributed by atoms with Crippen LogP contribution in [0.3, 0.4) is 0 Å². The Morgan fingerprint density at radius 3 is 1.74 bits per heavy atom. The number of allylic oxidation sites excluding steroid dienone is 4. The molecule has 0 spiro atoms. The number of rotatable bonds is 43. The van der Waals surface area contributed by atoms with Crippen LogP contribution < -0.4 is 10.7 Å². The summed E-state index contributed by atoms with van der Waals surface area (Å²) in [4.78, 5) is 74.4. The largest absolute Gasteiger partial charge is 0.508 e. The molecule has 0 bridgehead atoms. The zero-order chi connectivity index (χ0) is 56.2. The first-order chi connectivity index (χ1) is 37.8. The van der Waals surface area contributed by atoms with Crippen molar-refractivity contribution in [1.82, 2.24) is 5.32 Å². The zero-order valence-corrected chi connectivity index (χ0v) is 47.4. The predicted octanol–water partition coefficient (Wildman–Crippen LogP) is 15.4. The number of carboxylic acids is 1. The SMILES string of the molecule is CCCCCCCCC=CCCCCCCCC(=O)OC[C@H](COP(=O)(O)OCCNC(=O)c1ccc(-c2c3ccc(=O)cc-3oc3cc(O)ccc23)c(C(=O)O)c1)OC(=O)CCCCCCCC=CCCCCCCCC. The van der Waals surface area contributed by atoms with Crippen LogP contribution in [0.1, 0.15) is 214 Å². The van der Waals surface area contributed by atoms with E-state index in [2.05, 4.69) is 43.5 Å². The number of hydrogen-bond donors (Lipinski definition) is 4. The van der Waals surface area contributed by atoms with Crippen molar-refractivity contribution in [3.63, 3.8) is 0 Å². The maximum Gasteiger partial charge on any atom is 0.472 e. The second-order valence-electron chi connectivity index (χ2n) is 20.2. The van der Waals surface area contributed by atoms with Crippen LogP contribution in [-0.4, -0.2) is 71.4 Å². The van der Waals surface area contributed by atoms with Crippen LogP contribution in [0.4, 0.5) is 0 Å². The minimum absolute atomic E-state index is 0.0356. The van der Waals surface area contributed by atoms with E-state index in [9.17, 15) is 43.6 Å². The van der Waals surface area contributed by atoms with Crippen molar-refractivity contribution in [2.24, 2.45) is 0 Å². The number of carboxylic acid groups (broad SMARTS) is 1. The van der Waals surface area contributed by atoms with Gasteiger partial charge in [0.2, 0.25) is 0 Å². The number of ether oxygens (including phenoxy) is 2. The minimum atomic E-state index is -4.79. The van der Waals surface area contributed by atoms with E-state index < -0.39 is 51.0 Å². The summed E-state index contributed by atoms with van der Waals surface area (Å²) in [7, 11) is -4.79. The van der Waals surface area contributed by atoms with E-state index in [1.54, 1.807) is 6.07 Å². The molecule has 15 nitrogen and oxygen atoms in total. The van der Waals surface area contributed by atoms with Gasteiger partial charge in [0, 0.05) is 53.6 Å². The fourth-order valence-electron chi connectivity index (χ4n) is 9.17. The fraction of sp³-hybridized carbons (Fsp3) is 0.565. The molecule has 4 N–H and O–H groups in total. The summed E-state index contributed by atoms with van der Waals surface area (Å²) in [5, 5.41) is 23.4. The normalized spacial score (nSPS) is 12.9. The topological polar surface area (TPSA) is 225 Å². The lowest BCUT2D eigenvalue weighted by Crippen LogP contribution is -2.30. The number of phosphoric acid groups is 1. The summed E-state index contributed by atoms with van der Waals surface area (Å²) in [5.41, 5.74) is 0.652. The van der Waals surface area contributed by atoms with Crippen LogP contribution in [0.25, 0.3) is 33.4 Å². The Balaban J connectivity index is 1.23. The summed E-state index contributed by atoms with van der Waals surface area (Å²) >= 11 is 0. The standard InChI is InChI=1S/C62H88NO14P/c1-3-5-7-9-11-13-15-17-19-21-23-25-27-29-31-33-58(66)73-46-51(76-59(67)34-32-30-28-26-24-22-20-18-16-14-12-10-8-6-4-2)47-75-78(71,72)74-42-41-63-61(68)48-35-38-52(55(43-48)62(69)70)60-53-39-36-49(64)44-56(53)77-57-45-50(65)37-40-54(57)60/h17-20,35-40,43-45,51,64H,3-16,21-34,41-42,46-47H2,1-2H3,(H,63,68)(H,69,70)(H,71,72)/t51-/m1/s1. The maximum absolute atomic E-state index is 13.3. The van der Waals surface area contributed by atoms with Crippen LogP contribution >= 0.6 is 7.82 Å². The van der Waals surface area contributed by atoms with E-state index in [1.807, 2.05) is 0 Å². The highest BCUT2D eigenvalue weighted by molar-refractivity contribution is 7.47. The highest BCUT2D eigenvalue weighted by Crippen LogP contribution is 2.44. The number of phenolic OH excluding ortho intramolecular Hbond substituents is 1. The molecule has 0 radical (unpaired) electrons. The Kier molecular flexibility index (Phi) is 31.7. The van der Waals surface area contributed by atoms with Gasteiger partial charge in [0.1, 0.15) is 23.7 Å². The first-order valence-electron chi connectivity index (χ1n) is 28.9. The van der Waals surface area contributed by atoms with Gasteiger partial charge >= 0.3 is 25.7 Å². The van der Waals surface area contributed by atoms with Crippen LogP contribution in [-0.2, 0) is 32.7 Å². The molecule has 1 amide bonds. The Bertz CT molecular complexity index is 2550. The zero-order valence-electron chi connectivity index (χ0n) is 46.5. The van der Waals surface area contributed by atoms with Crippen LogP contribution in [0.5, 0.6) is 5.75 Å². The fourth-order valence-corrected chi connectivity index (χ4v) is 9.92. The lowest BCUT2D eigenvalue weighted by atomic mass is 9.90. The van der Waals surface area contributed by atoms with Gasteiger partial charge in [0.05, 0.1) is 18.8 Å². The molecule has 430 valence electrons. The Labute approximate surface area is 462 Å². The first-order valence-corrected chi connectivity index (χ1v) is 30.4. The number of unbranched alkanes of at least 4 members (excludes halogenated alkanes) is 22. The number of amides is 1. The van der Waals surface area contributed by atoms with Gasteiger partial charge in [-0.2, -0.15) is 0 Å². The van der Waals surface area contributed by atoms with E-state index in [0.29, 0.717) is 29.4 Å². The highest BCUT2D eigenvalue weighted by Gasteiger charge is 2.27. The maximum atomic E-state index is 13.3. The molecule has 1 unspecified atom stereocenters. The van der Waals surface area contributed by atoms with Gasteiger partial charge in [0.25, 0.3) is 5.91 Å². The number of carbonyl (C=O) groups is 4. The molecule has 4 rings (SSSR count). The summed E-state index contributed by atoms with van der Waals surface area (Å²) in [6.45, 7) is 2.70. The first kappa shape index (κ1) is 64.9. The molecule has 78 heavy (non-hydrogen) atoms. The Morgan fingerprint density at radius 1 is 0.628 bits per heavy atom. The monoisotopic (exact) mass is 1100 g/mol. The molecule has 16 heteroatoms. The van der Waals surface area contributed by atoms with Crippen molar-refractivity contribution in [3.05, 3.63) is 100 Å². The molecule has 2 atom stereocenters. The number of fused-ring (bicyclic) bond motifs is 2. The molecule has 2 aromatic carbocycles. The molecule has 1 aliphatic carbocycles. The van der Waals surface area contributed by atoms with Crippen molar-refractivity contribution in [2.45, 2.75) is 200 Å². The van der Waals surface area contributed by atoms with Gasteiger partial charge in [-0.3, -0.25) is 28.2 Å².